The molecular weight excluding hydrogens is 238 g/mol. The third-order valence-corrected chi connectivity index (χ3v) is 3.55. The van der Waals surface area contributed by atoms with E-state index in [0.717, 1.165) is 25.3 Å². The molecular formula is C13H18F2N2O. The number of nitrogens with two attached hydrogens (primary N) is 1. The van der Waals surface area contributed by atoms with Crippen LogP contribution in [0.15, 0.2) is 18.2 Å². The van der Waals surface area contributed by atoms with Gasteiger partial charge in [0.15, 0.2) is 0 Å². The molecule has 100 valence electrons. The standard InChI is InChI=1S/C13H18F2N2O/c1-13(6-2-3-7-18-13)12(17-16)10-5-4-9(14)8-11(10)15/h4-5,8,12,17H,2-3,6-7,16H2,1H3. The number of ether oxygens (including phenoxy) is 1. The van der Waals surface area contributed by atoms with E-state index in [-0.39, 0.29) is 0 Å². The Balaban J connectivity index is 2.32. The lowest BCUT2D eigenvalue weighted by Gasteiger charge is -2.40. The maximum atomic E-state index is 13.8. The highest BCUT2D eigenvalue weighted by atomic mass is 19.1. The second-order valence-electron chi connectivity index (χ2n) is 4.88. The molecule has 1 aromatic rings. The number of rotatable bonds is 3. The summed E-state index contributed by atoms with van der Waals surface area (Å²) in [7, 11) is 0. The topological polar surface area (TPSA) is 47.3 Å². The summed E-state index contributed by atoms with van der Waals surface area (Å²) in [6.45, 7) is 2.54. The molecule has 2 unspecified atom stereocenters. The third kappa shape index (κ3) is 2.53. The highest BCUT2D eigenvalue weighted by molar-refractivity contribution is 5.25. The van der Waals surface area contributed by atoms with E-state index in [2.05, 4.69) is 5.43 Å². The van der Waals surface area contributed by atoms with Gasteiger partial charge in [0.25, 0.3) is 0 Å². The van der Waals surface area contributed by atoms with Crippen molar-refractivity contribution in [3.05, 3.63) is 35.4 Å². The molecule has 1 saturated heterocycles. The van der Waals surface area contributed by atoms with E-state index < -0.39 is 23.3 Å². The molecule has 0 amide bonds. The van der Waals surface area contributed by atoms with Crippen molar-refractivity contribution in [2.75, 3.05) is 6.61 Å². The van der Waals surface area contributed by atoms with Gasteiger partial charge < -0.3 is 4.74 Å². The Kier molecular flexibility index (Phi) is 3.94. The van der Waals surface area contributed by atoms with Gasteiger partial charge in [0, 0.05) is 18.2 Å². The second-order valence-corrected chi connectivity index (χ2v) is 4.88. The van der Waals surface area contributed by atoms with Crippen molar-refractivity contribution >= 4 is 0 Å². The van der Waals surface area contributed by atoms with Crippen LogP contribution >= 0.6 is 0 Å². The van der Waals surface area contributed by atoms with Crippen molar-refractivity contribution in [2.24, 2.45) is 5.84 Å². The van der Waals surface area contributed by atoms with Crippen LogP contribution in [0.25, 0.3) is 0 Å². The van der Waals surface area contributed by atoms with Crippen LogP contribution in [0.2, 0.25) is 0 Å². The molecule has 18 heavy (non-hydrogen) atoms. The Bertz CT molecular complexity index is 419. The molecule has 3 nitrogen and oxygen atoms in total. The highest BCUT2D eigenvalue weighted by Crippen LogP contribution is 2.37. The molecule has 0 aliphatic carbocycles. The highest BCUT2D eigenvalue weighted by Gasteiger charge is 2.38. The maximum Gasteiger partial charge on any atom is 0.131 e. The van der Waals surface area contributed by atoms with Crippen molar-refractivity contribution in [3.8, 4) is 0 Å². The Hall–Kier alpha value is -1.04. The molecule has 1 aliphatic rings. The molecule has 2 atom stereocenters. The minimum atomic E-state index is -0.603. The Morgan fingerprint density at radius 2 is 2.17 bits per heavy atom. The molecule has 0 radical (unpaired) electrons. The zero-order valence-corrected chi connectivity index (χ0v) is 10.4. The van der Waals surface area contributed by atoms with Gasteiger partial charge in [-0.05, 0) is 32.3 Å². The maximum absolute atomic E-state index is 13.8. The average molecular weight is 256 g/mol. The van der Waals surface area contributed by atoms with Gasteiger partial charge in [-0.1, -0.05) is 6.07 Å². The van der Waals surface area contributed by atoms with Gasteiger partial charge in [0.2, 0.25) is 0 Å². The minimum absolute atomic E-state index is 0.336. The van der Waals surface area contributed by atoms with E-state index in [1.807, 2.05) is 6.92 Å². The lowest BCUT2D eigenvalue weighted by Crippen LogP contribution is -2.48. The van der Waals surface area contributed by atoms with E-state index in [1.165, 1.54) is 12.1 Å². The van der Waals surface area contributed by atoms with Gasteiger partial charge in [0.05, 0.1) is 11.6 Å². The number of halogens is 2. The van der Waals surface area contributed by atoms with Gasteiger partial charge in [-0.3, -0.25) is 5.84 Å². The van der Waals surface area contributed by atoms with Crippen LogP contribution in [0, 0.1) is 11.6 Å². The zero-order valence-electron chi connectivity index (χ0n) is 10.4. The first-order chi connectivity index (χ1) is 8.57. The van der Waals surface area contributed by atoms with Crippen molar-refractivity contribution in [3.63, 3.8) is 0 Å². The first-order valence-corrected chi connectivity index (χ1v) is 6.12. The molecule has 5 heteroatoms. The van der Waals surface area contributed by atoms with Gasteiger partial charge >= 0.3 is 0 Å². The molecule has 2 rings (SSSR count). The van der Waals surface area contributed by atoms with Crippen molar-refractivity contribution in [1.29, 1.82) is 0 Å². The third-order valence-electron chi connectivity index (χ3n) is 3.55. The smallest absolute Gasteiger partial charge is 0.131 e. The molecule has 3 N–H and O–H groups in total. The fraction of sp³-hybridized carbons (Fsp3) is 0.538. The Labute approximate surface area is 105 Å². The van der Waals surface area contributed by atoms with Crippen LogP contribution in [-0.2, 0) is 4.74 Å². The minimum Gasteiger partial charge on any atom is -0.373 e. The lowest BCUT2D eigenvalue weighted by atomic mass is 9.84. The van der Waals surface area contributed by atoms with Gasteiger partial charge in [-0.2, -0.15) is 0 Å². The average Bonchev–Trinajstić information content (AvgIpc) is 2.33. The van der Waals surface area contributed by atoms with Crippen LogP contribution in [-0.4, -0.2) is 12.2 Å². The number of nitrogens with one attached hydrogen (secondary N) is 1. The Morgan fingerprint density at radius 3 is 2.72 bits per heavy atom. The monoisotopic (exact) mass is 256 g/mol. The summed E-state index contributed by atoms with van der Waals surface area (Å²) < 4.78 is 32.5. The predicted octanol–water partition coefficient (Wildman–Crippen LogP) is 2.43. The van der Waals surface area contributed by atoms with E-state index in [1.54, 1.807) is 0 Å². The lowest BCUT2D eigenvalue weighted by molar-refractivity contribution is -0.0905. The quantitative estimate of drug-likeness (QED) is 0.645. The zero-order chi connectivity index (χ0) is 13.2. The summed E-state index contributed by atoms with van der Waals surface area (Å²) >= 11 is 0. The molecule has 0 bridgehead atoms. The number of hydrogen-bond acceptors (Lipinski definition) is 3. The molecule has 1 aromatic carbocycles. The predicted molar refractivity (Wildman–Crippen MR) is 64.6 cm³/mol. The summed E-state index contributed by atoms with van der Waals surface area (Å²) in [5.41, 5.74) is 2.37. The summed E-state index contributed by atoms with van der Waals surface area (Å²) in [6, 6.07) is 3.03. The van der Waals surface area contributed by atoms with Crippen LogP contribution in [0.1, 0.15) is 37.8 Å². The number of hydrogen-bond donors (Lipinski definition) is 2. The summed E-state index contributed by atoms with van der Waals surface area (Å²) in [4.78, 5) is 0. The number of benzene rings is 1. The molecule has 1 fully saturated rings. The van der Waals surface area contributed by atoms with E-state index in [4.69, 9.17) is 10.6 Å². The van der Waals surface area contributed by atoms with Crippen molar-refractivity contribution in [2.45, 2.75) is 37.8 Å². The molecule has 1 aliphatic heterocycles. The molecule has 1 heterocycles. The van der Waals surface area contributed by atoms with Crippen molar-refractivity contribution in [1.82, 2.24) is 5.43 Å². The van der Waals surface area contributed by atoms with Crippen LogP contribution in [0.3, 0.4) is 0 Å². The van der Waals surface area contributed by atoms with Crippen molar-refractivity contribution < 1.29 is 13.5 Å². The van der Waals surface area contributed by atoms with Gasteiger partial charge in [-0.15, -0.1) is 0 Å². The SMILES string of the molecule is CC1(C(NN)c2ccc(F)cc2F)CCCCO1. The first kappa shape index (κ1) is 13.4. The van der Waals surface area contributed by atoms with Crippen LogP contribution in [0.5, 0.6) is 0 Å². The molecule has 0 spiro atoms. The fourth-order valence-electron chi connectivity index (χ4n) is 2.51. The van der Waals surface area contributed by atoms with Crippen LogP contribution in [0.4, 0.5) is 8.78 Å². The van der Waals surface area contributed by atoms with Gasteiger partial charge in [0.1, 0.15) is 11.6 Å². The first-order valence-electron chi connectivity index (χ1n) is 6.12. The number of hydrazine groups is 1. The molecule has 0 saturated carbocycles. The van der Waals surface area contributed by atoms with E-state index >= 15 is 0 Å². The van der Waals surface area contributed by atoms with Gasteiger partial charge in [-0.25, -0.2) is 14.2 Å². The van der Waals surface area contributed by atoms with Crippen LogP contribution < -0.4 is 11.3 Å². The Morgan fingerprint density at radius 1 is 1.39 bits per heavy atom. The van der Waals surface area contributed by atoms with E-state index in [9.17, 15) is 8.78 Å². The van der Waals surface area contributed by atoms with E-state index in [0.29, 0.717) is 12.2 Å². The second kappa shape index (κ2) is 5.30. The largest absolute Gasteiger partial charge is 0.373 e. The summed E-state index contributed by atoms with van der Waals surface area (Å²) in [5, 5.41) is 0. The normalized spacial score (nSPS) is 26.0. The fourth-order valence-corrected chi connectivity index (χ4v) is 2.51. The summed E-state index contributed by atoms with van der Waals surface area (Å²) in [6.07, 6.45) is 2.80. The molecule has 0 aromatic heterocycles. The summed E-state index contributed by atoms with van der Waals surface area (Å²) in [5.74, 6) is 4.34.